The van der Waals surface area contributed by atoms with Gasteiger partial charge in [-0.1, -0.05) is 48.8 Å². The third kappa shape index (κ3) is 4.40. The largest absolute Gasteiger partial charge is 0.462 e. The number of fused-ring (bicyclic) bond motifs is 1. The van der Waals surface area contributed by atoms with Crippen molar-refractivity contribution in [2.75, 3.05) is 6.61 Å². The van der Waals surface area contributed by atoms with E-state index >= 15 is 0 Å². The summed E-state index contributed by atoms with van der Waals surface area (Å²) in [7, 11) is 0. The summed E-state index contributed by atoms with van der Waals surface area (Å²) in [6.45, 7) is 4.29. The van der Waals surface area contributed by atoms with Crippen LogP contribution in [0.4, 0.5) is 0 Å². The Morgan fingerprint density at radius 3 is 2.87 bits per heavy atom. The molecule has 0 bridgehead atoms. The molecule has 0 aliphatic heterocycles. The maximum atomic E-state index is 12.2. The highest BCUT2D eigenvalue weighted by Crippen LogP contribution is 2.44. The number of hydrogen-bond acceptors (Lipinski definition) is 4. The molecule has 2 aromatic carbocycles. The van der Waals surface area contributed by atoms with Crippen LogP contribution in [-0.2, 0) is 11.2 Å². The van der Waals surface area contributed by atoms with Crippen molar-refractivity contribution in [3.63, 3.8) is 0 Å². The van der Waals surface area contributed by atoms with Crippen molar-refractivity contribution in [1.29, 1.82) is 0 Å². The number of rotatable bonds is 7. The summed E-state index contributed by atoms with van der Waals surface area (Å²) >= 11 is 11.8. The number of hydrogen-bond donors (Lipinski definition) is 1. The second-order valence-corrected chi connectivity index (χ2v) is 9.22. The van der Waals surface area contributed by atoms with Gasteiger partial charge < -0.3 is 4.74 Å². The van der Waals surface area contributed by atoms with E-state index in [-0.39, 0.29) is 5.97 Å². The molecule has 0 unspecified atom stereocenters. The summed E-state index contributed by atoms with van der Waals surface area (Å²) in [5.41, 5.74) is 3.59. The zero-order chi connectivity index (χ0) is 22.0. The third-order valence-corrected chi connectivity index (χ3v) is 7.19. The SMILES string of the molecule is CCCc1[nH]ncc1-n1c(Br)c(Sc2cccc(C(=O)OCC)c2)c2ccc(Cl)cc21. The predicted octanol–water partition coefficient (Wildman–Crippen LogP) is 7.05. The first-order chi connectivity index (χ1) is 15.0. The number of carbonyl (C=O) groups excluding carboxylic acids is 1. The van der Waals surface area contributed by atoms with Crippen LogP contribution in [0.2, 0.25) is 5.02 Å². The van der Waals surface area contributed by atoms with Crippen molar-refractivity contribution in [3.8, 4) is 5.69 Å². The van der Waals surface area contributed by atoms with Gasteiger partial charge in [0.25, 0.3) is 0 Å². The molecule has 0 spiro atoms. The van der Waals surface area contributed by atoms with E-state index in [0.717, 1.165) is 49.5 Å². The van der Waals surface area contributed by atoms with Crippen LogP contribution < -0.4 is 0 Å². The van der Waals surface area contributed by atoms with Crippen LogP contribution in [0.3, 0.4) is 0 Å². The van der Waals surface area contributed by atoms with Gasteiger partial charge in [0, 0.05) is 15.3 Å². The van der Waals surface area contributed by atoms with E-state index in [4.69, 9.17) is 16.3 Å². The Morgan fingerprint density at radius 2 is 2.10 bits per heavy atom. The van der Waals surface area contributed by atoms with Crippen molar-refractivity contribution >= 4 is 56.2 Å². The average molecular weight is 519 g/mol. The molecule has 4 aromatic rings. The van der Waals surface area contributed by atoms with E-state index in [1.54, 1.807) is 24.8 Å². The number of ether oxygens (including phenoxy) is 1. The third-order valence-electron chi connectivity index (χ3n) is 4.83. The Bertz CT molecular complexity index is 1250. The van der Waals surface area contributed by atoms with Crippen LogP contribution in [0.5, 0.6) is 0 Å². The number of nitrogens with one attached hydrogen (secondary N) is 1. The van der Waals surface area contributed by atoms with Gasteiger partial charge in [-0.3, -0.25) is 9.67 Å². The average Bonchev–Trinajstić information content (AvgIpc) is 3.30. The van der Waals surface area contributed by atoms with Gasteiger partial charge in [0.05, 0.1) is 40.2 Å². The van der Waals surface area contributed by atoms with Gasteiger partial charge in [-0.05, 0) is 59.6 Å². The minimum absolute atomic E-state index is 0.319. The fourth-order valence-corrected chi connectivity index (χ4v) is 5.52. The lowest BCUT2D eigenvalue weighted by Gasteiger charge is -2.08. The summed E-state index contributed by atoms with van der Waals surface area (Å²) in [6.07, 6.45) is 3.74. The van der Waals surface area contributed by atoms with E-state index in [1.807, 2.05) is 42.6 Å². The molecule has 0 radical (unpaired) electrons. The van der Waals surface area contributed by atoms with Crippen LogP contribution in [0.25, 0.3) is 16.6 Å². The lowest BCUT2D eigenvalue weighted by Crippen LogP contribution is -2.04. The molecule has 0 aliphatic rings. The number of aryl methyl sites for hydroxylation is 1. The van der Waals surface area contributed by atoms with Crippen LogP contribution in [0.15, 0.2) is 63.1 Å². The lowest BCUT2D eigenvalue weighted by molar-refractivity contribution is 0.0526. The lowest BCUT2D eigenvalue weighted by atomic mass is 10.2. The first kappa shape index (κ1) is 22.0. The zero-order valence-corrected chi connectivity index (χ0v) is 20.3. The predicted molar refractivity (Wildman–Crippen MR) is 129 cm³/mol. The topological polar surface area (TPSA) is 59.9 Å². The first-order valence-corrected chi connectivity index (χ1v) is 12.0. The van der Waals surface area contributed by atoms with Gasteiger partial charge in [-0.25, -0.2) is 4.79 Å². The number of aromatic nitrogens is 3. The molecule has 0 amide bonds. The highest BCUT2D eigenvalue weighted by atomic mass is 79.9. The fourth-order valence-electron chi connectivity index (χ4n) is 3.48. The molecular weight excluding hydrogens is 498 g/mol. The van der Waals surface area contributed by atoms with Gasteiger partial charge in [-0.15, -0.1) is 0 Å². The maximum absolute atomic E-state index is 12.2. The number of H-pyrrole nitrogens is 1. The Labute approximate surface area is 198 Å². The monoisotopic (exact) mass is 517 g/mol. The second-order valence-electron chi connectivity index (χ2n) is 6.95. The van der Waals surface area contributed by atoms with Gasteiger partial charge in [0.1, 0.15) is 4.60 Å². The molecule has 2 heterocycles. The standard InChI is InChI=1S/C23H21BrClN3O2S/c1-3-6-18-20(13-26-27-18)28-19-12-15(25)9-10-17(19)21(22(28)24)31-16-8-5-7-14(11-16)23(29)30-4-2/h5,7-13H,3-4,6H2,1-2H3,(H,26,27). The van der Waals surface area contributed by atoms with Crippen molar-refractivity contribution in [2.45, 2.75) is 36.5 Å². The molecule has 1 N–H and O–H groups in total. The first-order valence-electron chi connectivity index (χ1n) is 10.0. The van der Waals surface area contributed by atoms with E-state index in [9.17, 15) is 4.79 Å². The Hall–Kier alpha value is -2.22. The van der Waals surface area contributed by atoms with Crippen molar-refractivity contribution < 1.29 is 9.53 Å². The highest BCUT2D eigenvalue weighted by Gasteiger charge is 2.21. The molecule has 0 atom stereocenters. The van der Waals surface area contributed by atoms with Gasteiger partial charge in [-0.2, -0.15) is 5.10 Å². The van der Waals surface area contributed by atoms with Gasteiger partial charge >= 0.3 is 5.97 Å². The van der Waals surface area contributed by atoms with E-state index in [2.05, 4.69) is 37.6 Å². The van der Waals surface area contributed by atoms with Crippen molar-refractivity contribution in [3.05, 3.63) is 69.5 Å². The van der Waals surface area contributed by atoms with E-state index < -0.39 is 0 Å². The number of esters is 1. The molecule has 0 fully saturated rings. The Morgan fingerprint density at radius 1 is 1.26 bits per heavy atom. The molecule has 160 valence electrons. The summed E-state index contributed by atoms with van der Waals surface area (Å²) in [4.78, 5) is 14.1. The number of benzene rings is 2. The Kier molecular flexibility index (Phi) is 6.74. The van der Waals surface area contributed by atoms with E-state index in [0.29, 0.717) is 17.2 Å². The molecule has 4 rings (SSSR count). The number of halogens is 2. The Balaban J connectivity index is 1.83. The van der Waals surface area contributed by atoms with Gasteiger partial charge in [0.15, 0.2) is 0 Å². The number of nitrogens with zero attached hydrogens (tertiary/aromatic N) is 2. The summed E-state index contributed by atoms with van der Waals surface area (Å²) in [6, 6.07) is 13.4. The quantitative estimate of drug-likeness (QED) is 0.266. The smallest absolute Gasteiger partial charge is 0.338 e. The summed E-state index contributed by atoms with van der Waals surface area (Å²) < 4.78 is 8.19. The van der Waals surface area contributed by atoms with Crippen LogP contribution >= 0.6 is 39.3 Å². The van der Waals surface area contributed by atoms with Crippen molar-refractivity contribution in [2.24, 2.45) is 0 Å². The molecule has 0 aliphatic carbocycles. The maximum Gasteiger partial charge on any atom is 0.338 e. The minimum atomic E-state index is -0.319. The summed E-state index contributed by atoms with van der Waals surface area (Å²) in [5, 5.41) is 9.12. The summed E-state index contributed by atoms with van der Waals surface area (Å²) in [5.74, 6) is -0.319. The van der Waals surface area contributed by atoms with Crippen molar-refractivity contribution in [1.82, 2.24) is 14.8 Å². The fraction of sp³-hybridized carbons (Fsp3) is 0.217. The normalized spacial score (nSPS) is 11.2. The molecule has 31 heavy (non-hydrogen) atoms. The zero-order valence-electron chi connectivity index (χ0n) is 17.1. The molecule has 0 saturated carbocycles. The van der Waals surface area contributed by atoms with Gasteiger partial charge in [0.2, 0.25) is 0 Å². The molecule has 2 aromatic heterocycles. The van der Waals surface area contributed by atoms with Crippen LogP contribution in [-0.4, -0.2) is 27.3 Å². The van der Waals surface area contributed by atoms with Crippen LogP contribution in [0.1, 0.15) is 36.3 Å². The number of carbonyl (C=O) groups is 1. The molecule has 0 saturated heterocycles. The van der Waals surface area contributed by atoms with Crippen LogP contribution in [0, 0.1) is 0 Å². The van der Waals surface area contributed by atoms with E-state index in [1.165, 1.54) is 0 Å². The number of aromatic amines is 1. The highest BCUT2D eigenvalue weighted by molar-refractivity contribution is 9.10. The molecular formula is C23H21BrClN3O2S. The molecule has 8 heteroatoms. The molecule has 5 nitrogen and oxygen atoms in total. The minimum Gasteiger partial charge on any atom is -0.462 e. The second kappa shape index (κ2) is 9.51.